The van der Waals surface area contributed by atoms with Gasteiger partial charge in [0.15, 0.2) is 6.54 Å². The van der Waals surface area contributed by atoms with E-state index in [9.17, 15) is 14.7 Å². The number of quaternary nitrogens is 1. The molecule has 7 nitrogen and oxygen atoms in total. The number of esters is 1. The van der Waals surface area contributed by atoms with Gasteiger partial charge in [0.05, 0.1) is 44.5 Å². The highest BCUT2D eigenvalue weighted by Crippen LogP contribution is 2.37. The average Bonchev–Trinajstić information content (AvgIpc) is 2.94. The number of rotatable bonds is 5. The number of nitrogens with zero attached hydrogens (tertiary/aromatic N) is 1. The largest absolute Gasteiger partial charge is 0.506 e. The Morgan fingerprint density at radius 1 is 1.16 bits per heavy atom. The number of methoxy groups -OCH3 is 1. The van der Waals surface area contributed by atoms with Crippen LogP contribution >= 0.6 is 11.3 Å². The SMILES string of the molecule is COC(=O)c1c(NC(=O)C[NH+]2CCN(c3ccccc3O)CC2)sc2c1CCCCC2. The Morgan fingerprint density at radius 2 is 1.90 bits per heavy atom. The van der Waals surface area contributed by atoms with Crippen LogP contribution in [0.25, 0.3) is 0 Å². The Balaban J connectivity index is 1.38. The van der Waals surface area contributed by atoms with Crippen molar-refractivity contribution in [1.29, 1.82) is 0 Å². The number of ether oxygens (including phenoxy) is 1. The van der Waals surface area contributed by atoms with Crippen LogP contribution in [0.5, 0.6) is 5.75 Å². The smallest absolute Gasteiger partial charge is 0.341 e. The van der Waals surface area contributed by atoms with Crippen LogP contribution in [-0.4, -0.2) is 56.8 Å². The summed E-state index contributed by atoms with van der Waals surface area (Å²) in [5.74, 6) is -0.151. The topological polar surface area (TPSA) is 83.3 Å². The molecule has 2 heterocycles. The first-order valence-corrected chi connectivity index (χ1v) is 11.8. The number of phenolic OH excluding ortho intramolecular Hbond substituents is 1. The minimum Gasteiger partial charge on any atom is -0.506 e. The van der Waals surface area contributed by atoms with E-state index < -0.39 is 0 Å². The number of fused-ring (bicyclic) bond motifs is 1. The molecule has 0 radical (unpaired) electrons. The molecule has 2 aromatic rings. The Bertz CT molecular complexity index is 950. The van der Waals surface area contributed by atoms with Gasteiger partial charge in [0.1, 0.15) is 10.8 Å². The molecule has 1 fully saturated rings. The fourth-order valence-corrected chi connectivity index (χ4v) is 5.81. The maximum Gasteiger partial charge on any atom is 0.341 e. The van der Waals surface area contributed by atoms with E-state index in [4.69, 9.17) is 4.74 Å². The zero-order chi connectivity index (χ0) is 21.8. The van der Waals surface area contributed by atoms with Gasteiger partial charge in [0.2, 0.25) is 0 Å². The first-order valence-electron chi connectivity index (χ1n) is 11.0. The molecular formula is C23H30N3O4S+. The molecule has 0 bridgehead atoms. The predicted molar refractivity (Wildman–Crippen MR) is 121 cm³/mol. The molecule has 1 aromatic carbocycles. The molecule has 8 heteroatoms. The molecule has 1 saturated heterocycles. The molecule has 0 unspecified atom stereocenters. The second-order valence-electron chi connectivity index (χ2n) is 8.21. The van der Waals surface area contributed by atoms with Gasteiger partial charge in [0.25, 0.3) is 5.91 Å². The number of hydrogen-bond donors (Lipinski definition) is 3. The highest BCUT2D eigenvalue weighted by molar-refractivity contribution is 7.17. The number of piperazine rings is 1. The molecule has 31 heavy (non-hydrogen) atoms. The fraction of sp³-hybridized carbons (Fsp3) is 0.478. The van der Waals surface area contributed by atoms with Crippen molar-refractivity contribution in [3.05, 3.63) is 40.3 Å². The molecule has 166 valence electrons. The summed E-state index contributed by atoms with van der Waals surface area (Å²) < 4.78 is 5.02. The predicted octanol–water partition coefficient (Wildman–Crippen LogP) is 1.85. The first kappa shape index (κ1) is 21.6. The van der Waals surface area contributed by atoms with E-state index in [1.165, 1.54) is 34.6 Å². The molecule has 0 saturated carbocycles. The molecule has 1 aromatic heterocycles. The van der Waals surface area contributed by atoms with Crippen LogP contribution in [0, 0.1) is 0 Å². The van der Waals surface area contributed by atoms with Gasteiger partial charge in [-0.1, -0.05) is 18.6 Å². The number of benzene rings is 1. The molecular weight excluding hydrogens is 414 g/mol. The van der Waals surface area contributed by atoms with Crippen LogP contribution in [0.4, 0.5) is 10.7 Å². The second-order valence-corrected chi connectivity index (χ2v) is 9.32. The third-order valence-corrected chi connectivity index (χ3v) is 7.37. The van der Waals surface area contributed by atoms with Gasteiger partial charge in [-0.15, -0.1) is 11.3 Å². The number of anilines is 2. The number of carbonyl (C=O) groups excluding carboxylic acids is 2. The highest BCUT2D eigenvalue weighted by Gasteiger charge is 2.28. The average molecular weight is 445 g/mol. The number of para-hydroxylation sites is 2. The van der Waals surface area contributed by atoms with E-state index in [0.29, 0.717) is 17.1 Å². The molecule has 4 rings (SSSR count). The third kappa shape index (κ3) is 4.85. The van der Waals surface area contributed by atoms with Gasteiger partial charge in [-0.3, -0.25) is 4.79 Å². The van der Waals surface area contributed by atoms with Crippen molar-refractivity contribution >= 4 is 33.9 Å². The minimum absolute atomic E-state index is 0.0763. The van der Waals surface area contributed by atoms with Crippen LogP contribution in [0.1, 0.15) is 40.1 Å². The summed E-state index contributed by atoms with van der Waals surface area (Å²) in [6, 6.07) is 7.35. The maximum absolute atomic E-state index is 12.8. The maximum atomic E-state index is 12.8. The Labute approximate surface area is 186 Å². The van der Waals surface area contributed by atoms with Crippen LogP contribution in [0.15, 0.2) is 24.3 Å². The normalized spacial score (nSPS) is 17.0. The van der Waals surface area contributed by atoms with Crippen LogP contribution in [-0.2, 0) is 22.4 Å². The van der Waals surface area contributed by atoms with Crippen LogP contribution in [0.3, 0.4) is 0 Å². The second kappa shape index (κ2) is 9.70. The molecule has 1 amide bonds. The van der Waals surface area contributed by atoms with Crippen molar-refractivity contribution in [2.45, 2.75) is 32.1 Å². The lowest BCUT2D eigenvalue weighted by atomic mass is 10.1. The van der Waals surface area contributed by atoms with Crippen molar-refractivity contribution in [1.82, 2.24) is 0 Å². The Hall–Kier alpha value is -2.58. The number of aromatic hydroxyl groups is 1. The van der Waals surface area contributed by atoms with Crippen molar-refractivity contribution in [3.63, 3.8) is 0 Å². The van der Waals surface area contributed by atoms with E-state index in [1.54, 1.807) is 6.07 Å². The van der Waals surface area contributed by atoms with Crippen molar-refractivity contribution in [2.24, 2.45) is 0 Å². The summed E-state index contributed by atoms with van der Waals surface area (Å²) >= 11 is 1.53. The van der Waals surface area contributed by atoms with Crippen LogP contribution in [0.2, 0.25) is 0 Å². The van der Waals surface area contributed by atoms with E-state index in [-0.39, 0.29) is 17.6 Å². The fourth-order valence-electron chi connectivity index (χ4n) is 4.52. The van der Waals surface area contributed by atoms with Crippen molar-refractivity contribution < 1.29 is 24.3 Å². The third-order valence-electron chi connectivity index (χ3n) is 6.17. The van der Waals surface area contributed by atoms with Gasteiger partial charge in [-0.05, 0) is 43.4 Å². The standard InChI is InChI=1S/C23H29N3O4S/c1-30-23(29)21-16-7-3-2-4-10-19(16)31-22(21)24-20(28)15-25-11-13-26(14-12-25)17-8-5-6-9-18(17)27/h5-6,8-9,27H,2-4,7,10-15H2,1H3,(H,24,28)/p+1. The summed E-state index contributed by atoms with van der Waals surface area (Å²) in [4.78, 5) is 29.8. The molecule has 1 aliphatic heterocycles. The highest BCUT2D eigenvalue weighted by atomic mass is 32.1. The number of phenols is 1. The molecule has 1 aliphatic carbocycles. The number of nitrogens with one attached hydrogen (secondary N) is 2. The molecule has 2 aliphatic rings. The first-order chi connectivity index (χ1) is 15.1. The Kier molecular flexibility index (Phi) is 6.77. The minimum atomic E-state index is -0.363. The number of amides is 1. The zero-order valence-corrected chi connectivity index (χ0v) is 18.7. The van der Waals surface area contributed by atoms with Gasteiger partial charge in [-0.25, -0.2) is 4.79 Å². The lowest BCUT2D eigenvalue weighted by Crippen LogP contribution is -3.15. The molecule has 0 spiro atoms. The lowest BCUT2D eigenvalue weighted by molar-refractivity contribution is -0.892. The lowest BCUT2D eigenvalue weighted by Gasteiger charge is -2.33. The quantitative estimate of drug-likeness (QED) is 0.484. The zero-order valence-electron chi connectivity index (χ0n) is 17.9. The summed E-state index contributed by atoms with van der Waals surface area (Å²) in [6.45, 7) is 3.54. The van der Waals surface area contributed by atoms with Gasteiger partial charge in [-0.2, -0.15) is 0 Å². The van der Waals surface area contributed by atoms with E-state index in [2.05, 4.69) is 10.2 Å². The number of thiophene rings is 1. The van der Waals surface area contributed by atoms with E-state index >= 15 is 0 Å². The van der Waals surface area contributed by atoms with Crippen molar-refractivity contribution in [2.75, 3.05) is 50.1 Å². The Morgan fingerprint density at radius 3 is 2.65 bits per heavy atom. The van der Waals surface area contributed by atoms with Gasteiger partial charge in [0, 0.05) is 4.88 Å². The summed E-state index contributed by atoms with van der Waals surface area (Å²) in [7, 11) is 1.39. The molecule has 3 N–H and O–H groups in total. The number of aryl methyl sites for hydroxylation is 1. The summed E-state index contributed by atoms with van der Waals surface area (Å²) in [5, 5.41) is 13.7. The van der Waals surface area contributed by atoms with Gasteiger partial charge >= 0.3 is 5.97 Å². The van der Waals surface area contributed by atoms with Crippen LogP contribution < -0.4 is 15.1 Å². The van der Waals surface area contributed by atoms with Gasteiger partial charge < -0.3 is 25.0 Å². The van der Waals surface area contributed by atoms with E-state index in [0.717, 1.165) is 63.1 Å². The summed E-state index contributed by atoms with van der Waals surface area (Å²) in [5.41, 5.74) is 2.46. The van der Waals surface area contributed by atoms with Crippen molar-refractivity contribution in [3.8, 4) is 5.75 Å². The number of hydrogen-bond acceptors (Lipinski definition) is 6. The summed E-state index contributed by atoms with van der Waals surface area (Å²) in [6.07, 6.45) is 5.17. The van der Waals surface area contributed by atoms with E-state index in [1.807, 2.05) is 18.2 Å². The number of carbonyl (C=O) groups is 2. The molecule has 0 atom stereocenters. The monoisotopic (exact) mass is 444 g/mol.